The fraction of sp³-hybridized carbons (Fsp3) is 0.161. The van der Waals surface area contributed by atoms with Gasteiger partial charge in [-0.1, -0.05) is 59.6 Å². The number of benzene rings is 3. The number of anilines is 1. The summed E-state index contributed by atoms with van der Waals surface area (Å²) in [6, 6.07) is 26.8. The second kappa shape index (κ2) is 11.9. The summed E-state index contributed by atoms with van der Waals surface area (Å²) in [5.41, 5.74) is 4.71. The molecule has 8 heteroatoms. The lowest BCUT2D eigenvalue weighted by molar-refractivity contribution is 0.103. The minimum absolute atomic E-state index is 0.113. The number of nitriles is 1. The lowest BCUT2D eigenvalue weighted by Gasteiger charge is -2.11. The maximum atomic E-state index is 13.3. The Balaban J connectivity index is 1.29. The zero-order chi connectivity index (χ0) is 27.2. The Morgan fingerprint density at radius 3 is 2.59 bits per heavy atom. The molecule has 7 nitrogen and oxygen atoms in total. The molecule has 0 saturated carbocycles. The molecule has 194 valence electrons. The molecule has 0 spiro atoms. The molecule has 5 rings (SSSR count). The number of rotatable bonds is 10. The fourth-order valence-corrected chi connectivity index (χ4v) is 4.46. The van der Waals surface area contributed by atoms with Crippen LogP contribution in [0.1, 0.15) is 39.2 Å². The van der Waals surface area contributed by atoms with Crippen molar-refractivity contribution in [3.8, 4) is 11.8 Å². The minimum atomic E-state index is -0.297. The van der Waals surface area contributed by atoms with Crippen LogP contribution in [0, 0.1) is 18.3 Å². The van der Waals surface area contributed by atoms with Crippen molar-refractivity contribution in [2.24, 2.45) is 0 Å². The number of carbonyl (C=O) groups excluding carboxylic acids is 1. The molecule has 0 atom stereocenters. The summed E-state index contributed by atoms with van der Waals surface area (Å²) in [7, 11) is 0. The molecule has 0 aliphatic carbocycles. The van der Waals surface area contributed by atoms with Gasteiger partial charge in [0.05, 0.1) is 11.2 Å². The van der Waals surface area contributed by atoms with E-state index in [-0.39, 0.29) is 17.0 Å². The number of ketones is 1. The number of aromatic nitrogens is 3. The fourth-order valence-electron chi connectivity index (χ4n) is 4.33. The highest BCUT2D eigenvalue weighted by molar-refractivity contribution is 6.30. The molecule has 2 aromatic heterocycles. The monoisotopic (exact) mass is 534 g/mol. The molecular formula is C31H27ClN6O. The zero-order valence-corrected chi connectivity index (χ0v) is 22.2. The quantitative estimate of drug-likeness (QED) is 0.167. The number of nitrogens with one attached hydrogen (secondary N) is 2. The van der Waals surface area contributed by atoms with Crippen LogP contribution in [-0.2, 0) is 6.54 Å². The first kappa shape index (κ1) is 26.1. The van der Waals surface area contributed by atoms with Crippen LogP contribution in [0.4, 0.5) is 5.82 Å². The molecule has 0 aliphatic rings. The van der Waals surface area contributed by atoms with E-state index in [1.54, 1.807) is 35.1 Å². The van der Waals surface area contributed by atoms with E-state index in [1.807, 2.05) is 37.3 Å². The highest BCUT2D eigenvalue weighted by Crippen LogP contribution is 2.26. The Hall–Kier alpha value is -4.51. The first-order chi connectivity index (χ1) is 19.0. The van der Waals surface area contributed by atoms with Crippen molar-refractivity contribution in [1.82, 2.24) is 20.1 Å². The maximum Gasteiger partial charge on any atom is 0.214 e. The number of hydrogen-bond acceptors (Lipinski definition) is 6. The van der Waals surface area contributed by atoms with Crippen molar-refractivity contribution < 1.29 is 4.79 Å². The summed E-state index contributed by atoms with van der Waals surface area (Å²) in [5.74, 6) is 0.185. The van der Waals surface area contributed by atoms with E-state index in [9.17, 15) is 10.1 Å². The van der Waals surface area contributed by atoms with Gasteiger partial charge in [-0.25, -0.2) is 4.68 Å². The lowest BCUT2D eigenvalue weighted by Crippen LogP contribution is -2.18. The molecule has 0 bridgehead atoms. The van der Waals surface area contributed by atoms with Gasteiger partial charge in [-0.15, -0.1) is 0 Å². The van der Waals surface area contributed by atoms with E-state index in [4.69, 9.17) is 11.6 Å². The molecule has 0 fully saturated rings. The maximum absolute atomic E-state index is 13.3. The summed E-state index contributed by atoms with van der Waals surface area (Å²) in [4.78, 5) is 17.8. The van der Waals surface area contributed by atoms with Crippen molar-refractivity contribution in [3.05, 3.63) is 118 Å². The van der Waals surface area contributed by atoms with E-state index >= 15 is 0 Å². The van der Waals surface area contributed by atoms with Crippen LogP contribution in [0.2, 0.25) is 5.02 Å². The number of fused-ring (bicyclic) bond motifs is 1. The van der Waals surface area contributed by atoms with Gasteiger partial charge in [0.1, 0.15) is 17.5 Å². The summed E-state index contributed by atoms with van der Waals surface area (Å²) in [6.45, 7) is 4.03. The van der Waals surface area contributed by atoms with Gasteiger partial charge in [-0.2, -0.15) is 10.4 Å². The highest BCUT2D eigenvalue weighted by Gasteiger charge is 2.25. The normalized spacial score (nSPS) is 10.9. The highest BCUT2D eigenvalue weighted by atomic mass is 35.5. The average molecular weight is 535 g/mol. The largest absolute Gasteiger partial charge is 0.369 e. The van der Waals surface area contributed by atoms with Gasteiger partial charge in [-0.3, -0.25) is 9.78 Å². The van der Waals surface area contributed by atoms with Gasteiger partial charge in [0.25, 0.3) is 0 Å². The molecule has 0 radical (unpaired) electrons. The number of hydrogen-bond donors (Lipinski definition) is 2. The molecule has 0 amide bonds. The lowest BCUT2D eigenvalue weighted by atomic mass is 10.0. The first-order valence-corrected chi connectivity index (χ1v) is 13.1. The molecule has 0 saturated heterocycles. The third kappa shape index (κ3) is 5.99. The number of halogens is 1. The van der Waals surface area contributed by atoms with E-state index < -0.39 is 0 Å². The van der Waals surface area contributed by atoms with Crippen LogP contribution in [0.15, 0.2) is 85.1 Å². The smallest absolute Gasteiger partial charge is 0.214 e. The second-order valence-electron chi connectivity index (χ2n) is 9.25. The Morgan fingerprint density at radius 1 is 1.03 bits per heavy atom. The summed E-state index contributed by atoms with van der Waals surface area (Å²) in [6.07, 6.45) is 2.60. The topological polar surface area (TPSA) is 95.6 Å². The molecule has 0 unspecified atom stereocenters. The molecule has 5 aromatic rings. The predicted octanol–water partition coefficient (Wildman–Crippen LogP) is 6.08. The van der Waals surface area contributed by atoms with Gasteiger partial charge in [0.15, 0.2) is 5.69 Å². The predicted molar refractivity (Wildman–Crippen MR) is 154 cm³/mol. The molecule has 0 aliphatic heterocycles. The Kier molecular flexibility index (Phi) is 7.97. The van der Waals surface area contributed by atoms with Crippen LogP contribution in [0.25, 0.3) is 16.6 Å². The molecule has 39 heavy (non-hydrogen) atoms. The van der Waals surface area contributed by atoms with Gasteiger partial charge in [0, 0.05) is 35.3 Å². The van der Waals surface area contributed by atoms with Crippen molar-refractivity contribution in [2.75, 3.05) is 18.4 Å². The molecule has 3 aromatic carbocycles. The van der Waals surface area contributed by atoms with Crippen LogP contribution >= 0.6 is 11.6 Å². The van der Waals surface area contributed by atoms with Crippen LogP contribution in [0.5, 0.6) is 0 Å². The molecular weight excluding hydrogens is 508 g/mol. The average Bonchev–Trinajstić information content (AvgIpc) is 3.33. The van der Waals surface area contributed by atoms with Crippen molar-refractivity contribution in [2.45, 2.75) is 19.9 Å². The minimum Gasteiger partial charge on any atom is -0.369 e. The van der Waals surface area contributed by atoms with E-state index in [1.165, 1.54) is 5.56 Å². The third-order valence-corrected chi connectivity index (χ3v) is 6.67. The standard InChI is InChI=1S/C31H27ClN6O/c1-21-5-8-24(9-6-21)30(39)29-27(19-33)31(38(37-29)26-13-11-25(32)12-14-26)36-17-3-15-34-20-22-7-10-23-4-2-16-35-28(23)18-22/h2,4-14,16,18,34,36H,3,15,17,20H2,1H3. The summed E-state index contributed by atoms with van der Waals surface area (Å²) >= 11 is 6.09. The molecule has 2 N–H and O–H groups in total. The van der Waals surface area contributed by atoms with Crippen molar-refractivity contribution >= 4 is 34.1 Å². The van der Waals surface area contributed by atoms with Crippen LogP contribution in [0.3, 0.4) is 0 Å². The number of nitrogens with zero attached hydrogens (tertiary/aromatic N) is 4. The van der Waals surface area contributed by atoms with E-state index in [0.29, 0.717) is 28.6 Å². The first-order valence-electron chi connectivity index (χ1n) is 12.7. The SMILES string of the molecule is Cc1ccc(C(=O)c2nn(-c3ccc(Cl)cc3)c(NCCCNCc3ccc4cccnc4c3)c2C#N)cc1. The van der Waals surface area contributed by atoms with Crippen molar-refractivity contribution in [3.63, 3.8) is 0 Å². The number of aryl methyl sites for hydroxylation is 1. The third-order valence-electron chi connectivity index (χ3n) is 6.42. The summed E-state index contributed by atoms with van der Waals surface area (Å²) in [5, 5.41) is 23.1. The van der Waals surface area contributed by atoms with E-state index in [0.717, 1.165) is 36.0 Å². The number of pyridine rings is 1. The van der Waals surface area contributed by atoms with Gasteiger partial charge in [0.2, 0.25) is 5.78 Å². The van der Waals surface area contributed by atoms with Gasteiger partial charge >= 0.3 is 0 Å². The van der Waals surface area contributed by atoms with Crippen LogP contribution in [-0.4, -0.2) is 33.6 Å². The van der Waals surface area contributed by atoms with Crippen molar-refractivity contribution in [1.29, 1.82) is 5.26 Å². The van der Waals surface area contributed by atoms with E-state index in [2.05, 4.69) is 51.1 Å². The van der Waals surface area contributed by atoms with Gasteiger partial charge < -0.3 is 10.6 Å². The number of carbonyl (C=O) groups is 1. The summed E-state index contributed by atoms with van der Waals surface area (Å²) < 4.78 is 1.60. The molecule has 2 heterocycles. The Bertz CT molecular complexity index is 1650. The Labute approximate surface area is 232 Å². The zero-order valence-electron chi connectivity index (χ0n) is 21.5. The van der Waals surface area contributed by atoms with Gasteiger partial charge in [-0.05, 0) is 61.9 Å². The Morgan fingerprint density at radius 2 is 1.82 bits per heavy atom. The van der Waals surface area contributed by atoms with Crippen LogP contribution < -0.4 is 10.6 Å². The second-order valence-corrected chi connectivity index (χ2v) is 9.69.